The van der Waals surface area contributed by atoms with Crippen LogP contribution < -0.4 is 0 Å². The minimum atomic E-state index is -3.08. The Morgan fingerprint density at radius 1 is 1.22 bits per heavy atom. The summed E-state index contributed by atoms with van der Waals surface area (Å²) in [5.74, 6) is 0. The van der Waals surface area contributed by atoms with Gasteiger partial charge < -0.3 is 0 Å². The maximum absolute atomic E-state index is 12.8. The average Bonchev–Trinajstić information content (AvgIpc) is 3.32. The van der Waals surface area contributed by atoms with Gasteiger partial charge in [-0.1, -0.05) is 6.07 Å². The van der Waals surface area contributed by atoms with Crippen LogP contribution in [0.25, 0.3) is 0 Å². The molecule has 0 aromatic carbocycles. The molecule has 23 heavy (non-hydrogen) atoms. The van der Waals surface area contributed by atoms with Crippen molar-refractivity contribution >= 4 is 10.0 Å². The fraction of sp³-hybridized carbons (Fsp3) is 0.706. The number of hydrogen-bond acceptors (Lipinski definition) is 4. The molecular formula is C17H25N3O2S. The zero-order chi connectivity index (χ0) is 15.9. The first-order chi connectivity index (χ1) is 11.1. The molecule has 0 unspecified atom stereocenters. The number of likely N-dealkylation sites (tertiary alicyclic amines) is 1. The van der Waals surface area contributed by atoms with Crippen LogP contribution in [0.4, 0.5) is 0 Å². The quantitative estimate of drug-likeness (QED) is 0.844. The molecule has 1 aliphatic carbocycles. The Hall–Kier alpha value is -0.980. The van der Waals surface area contributed by atoms with Gasteiger partial charge in [0, 0.05) is 37.6 Å². The number of rotatable bonds is 4. The summed E-state index contributed by atoms with van der Waals surface area (Å²) in [4.78, 5) is 6.61. The molecule has 6 heteroatoms. The van der Waals surface area contributed by atoms with E-state index < -0.39 is 10.0 Å². The maximum Gasteiger partial charge on any atom is 0.217 e. The zero-order valence-corrected chi connectivity index (χ0v) is 14.3. The fourth-order valence-electron chi connectivity index (χ4n) is 4.36. The monoisotopic (exact) mass is 335 g/mol. The second-order valence-corrected chi connectivity index (χ2v) is 9.46. The standard InChI is InChI=1S/C17H25N3O2S/c21-23(22,16-5-6-16)20-11-3-8-17(20)7-2-10-19(14-17)13-15-4-1-9-18-12-15/h1,4,9,12,16H,2-3,5-8,10-11,13-14H2/t17-/m0/s1. The van der Waals surface area contributed by atoms with Gasteiger partial charge >= 0.3 is 0 Å². The van der Waals surface area contributed by atoms with E-state index in [-0.39, 0.29) is 10.8 Å². The van der Waals surface area contributed by atoms with Crippen molar-refractivity contribution in [1.29, 1.82) is 0 Å². The van der Waals surface area contributed by atoms with Gasteiger partial charge in [0.1, 0.15) is 0 Å². The molecule has 3 aliphatic rings. The second kappa shape index (κ2) is 5.83. The normalized spacial score (nSPS) is 30.1. The molecule has 1 aromatic rings. The highest BCUT2D eigenvalue weighted by molar-refractivity contribution is 7.90. The minimum absolute atomic E-state index is 0.0915. The van der Waals surface area contributed by atoms with Gasteiger partial charge in [0.2, 0.25) is 10.0 Å². The molecule has 1 aromatic heterocycles. The van der Waals surface area contributed by atoms with E-state index in [4.69, 9.17) is 0 Å². The molecule has 2 saturated heterocycles. The Labute approximate surface area is 138 Å². The molecule has 1 atom stereocenters. The molecule has 126 valence electrons. The van der Waals surface area contributed by atoms with Crippen molar-refractivity contribution < 1.29 is 8.42 Å². The van der Waals surface area contributed by atoms with Gasteiger partial charge in [-0.25, -0.2) is 8.42 Å². The molecule has 3 heterocycles. The van der Waals surface area contributed by atoms with Crippen LogP contribution in [0, 0.1) is 0 Å². The summed E-state index contributed by atoms with van der Waals surface area (Å²) in [6.07, 6.45) is 9.54. The van der Waals surface area contributed by atoms with Crippen LogP contribution in [0.15, 0.2) is 24.5 Å². The molecule has 4 rings (SSSR count). The zero-order valence-electron chi connectivity index (χ0n) is 13.5. The third-order valence-corrected chi connectivity index (χ3v) is 8.05. The van der Waals surface area contributed by atoms with Gasteiger partial charge in [0.15, 0.2) is 0 Å². The van der Waals surface area contributed by atoms with E-state index in [1.807, 2.05) is 16.6 Å². The first-order valence-corrected chi connectivity index (χ1v) is 10.2. The molecular weight excluding hydrogens is 310 g/mol. The van der Waals surface area contributed by atoms with Crippen molar-refractivity contribution in [3.8, 4) is 0 Å². The fourth-order valence-corrected chi connectivity index (χ4v) is 6.61. The van der Waals surface area contributed by atoms with E-state index in [2.05, 4.69) is 16.0 Å². The van der Waals surface area contributed by atoms with E-state index in [0.717, 1.165) is 64.7 Å². The molecule has 5 nitrogen and oxygen atoms in total. The van der Waals surface area contributed by atoms with Gasteiger partial charge in [0.25, 0.3) is 0 Å². The number of sulfonamides is 1. The Balaban J connectivity index is 1.53. The molecule has 2 aliphatic heterocycles. The van der Waals surface area contributed by atoms with E-state index in [1.54, 1.807) is 6.20 Å². The molecule has 0 radical (unpaired) electrons. The first kappa shape index (κ1) is 15.5. The van der Waals surface area contributed by atoms with Crippen LogP contribution in [-0.4, -0.2) is 53.0 Å². The molecule has 1 spiro atoms. The highest BCUT2D eigenvalue weighted by Crippen LogP contribution is 2.43. The van der Waals surface area contributed by atoms with Gasteiger partial charge in [-0.05, 0) is 56.7 Å². The lowest BCUT2D eigenvalue weighted by molar-refractivity contribution is 0.0836. The number of aromatic nitrogens is 1. The largest absolute Gasteiger partial charge is 0.297 e. The van der Waals surface area contributed by atoms with Crippen LogP contribution >= 0.6 is 0 Å². The van der Waals surface area contributed by atoms with Crippen LogP contribution in [0.3, 0.4) is 0 Å². The number of hydrogen-bond donors (Lipinski definition) is 0. The predicted molar refractivity (Wildman–Crippen MR) is 89.4 cm³/mol. The van der Waals surface area contributed by atoms with E-state index in [0.29, 0.717) is 0 Å². The lowest BCUT2D eigenvalue weighted by Gasteiger charge is -2.45. The maximum atomic E-state index is 12.8. The van der Waals surface area contributed by atoms with Gasteiger partial charge in [-0.15, -0.1) is 0 Å². The highest BCUT2D eigenvalue weighted by atomic mass is 32.2. The third kappa shape index (κ3) is 2.92. The molecule has 0 N–H and O–H groups in total. The summed E-state index contributed by atoms with van der Waals surface area (Å²) in [6, 6.07) is 4.07. The number of nitrogens with zero attached hydrogens (tertiary/aromatic N) is 3. The van der Waals surface area contributed by atoms with Gasteiger partial charge in [-0.2, -0.15) is 4.31 Å². The SMILES string of the molecule is O=S(=O)(C1CC1)N1CCC[C@]12CCCN(Cc1cccnc1)C2. The minimum Gasteiger partial charge on any atom is -0.297 e. The lowest BCUT2D eigenvalue weighted by Crippen LogP contribution is -2.57. The Morgan fingerprint density at radius 2 is 2.00 bits per heavy atom. The molecule has 3 fully saturated rings. The van der Waals surface area contributed by atoms with Crippen LogP contribution in [-0.2, 0) is 16.6 Å². The predicted octanol–water partition coefficient (Wildman–Crippen LogP) is 2.00. The smallest absolute Gasteiger partial charge is 0.217 e. The first-order valence-electron chi connectivity index (χ1n) is 8.73. The Morgan fingerprint density at radius 3 is 2.70 bits per heavy atom. The summed E-state index contributed by atoms with van der Waals surface area (Å²) in [5, 5.41) is -0.0915. The van der Waals surface area contributed by atoms with E-state index in [1.165, 1.54) is 5.56 Å². The summed E-state index contributed by atoms with van der Waals surface area (Å²) in [6.45, 7) is 3.51. The van der Waals surface area contributed by atoms with Gasteiger partial charge in [-0.3, -0.25) is 9.88 Å². The average molecular weight is 335 g/mol. The van der Waals surface area contributed by atoms with Crippen molar-refractivity contribution in [3.63, 3.8) is 0 Å². The van der Waals surface area contributed by atoms with Crippen molar-refractivity contribution in [2.24, 2.45) is 0 Å². The Kier molecular flexibility index (Phi) is 3.94. The lowest BCUT2D eigenvalue weighted by atomic mass is 9.87. The Bertz CT molecular complexity index is 660. The number of pyridine rings is 1. The number of piperidine rings is 1. The van der Waals surface area contributed by atoms with Crippen molar-refractivity contribution in [2.75, 3.05) is 19.6 Å². The topological polar surface area (TPSA) is 53.5 Å². The summed E-state index contributed by atoms with van der Waals surface area (Å²) in [5.41, 5.74) is 1.06. The summed E-state index contributed by atoms with van der Waals surface area (Å²) in [7, 11) is -3.08. The second-order valence-electron chi connectivity index (χ2n) is 7.32. The van der Waals surface area contributed by atoms with Crippen LogP contribution in [0.5, 0.6) is 0 Å². The van der Waals surface area contributed by atoms with Crippen molar-refractivity contribution in [3.05, 3.63) is 30.1 Å². The summed E-state index contributed by atoms with van der Waals surface area (Å²) >= 11 is 0. The van der Waals surface area contributed by atoms with Crippen molar-refractivity contribution in [2.45, 2.75) is 55.9 Å². The van der Waals surface area contributed by atoms with Crippen molar-refractivity contribution in [1.82, 2.24) is 14.2 Å². The van der Waals surface area contributed by atoms with E-state index in [9.17, 15) is 8.42 Å². The van der Waals surface area contributed by atoms with Gasteiger partial charge in [0.05, 0.1) is 5.25 Å². The molecule has 0 bridgehead atoms. The molecule has 1 saturated carbocycles. The van der Waals surface area contributed by atoms with Crippen LogP contribution in [0.1, 0.15) is 44.1 Å². The third-order valence-electron chi connectivity index (χ3n) is 5.55. The van der Waals surface area contributed by atoms with E-state index >= 15 is 0 Å². The highest BCUT2D eigenvalue weighted by Gasteiger charge is 2.52. The summed E-state index contributed by atoms with van der Waals surface area (Å²) < 4.78 is 27.6. The van der Waals surface area contributed by atoms with Crippen LogP contribution in [0.2, 0.25) is 0 Å². The molecule has 0 amide bonds.